The van der Waals surface area contributed by atoms with Crippen molar-refractivity contribution in [3.8, 4) is 11.1 Å². The first-order valence-electron chi connectivity index (χ1n) is 16.5. The number of carbonyl (C=O) groups excluding carboxylic acids is 4. The minimum Gasteiger partial charge on any atom is -0.458 e. The van der Waals surface area contributed by atoms with E-state index in [0.717, 1.165) is 33.4 Å². The lowest BCUT2D eigenvalue weighted by molar-refractivity contribution is -0.158. The molecular formula is C40H43N3O6. The van der Waals surface area contributed by atoms with E-state index >= 15 is 0 Å². The standard InChI is InChI=1S/C40H43N3O6/c1-26(38(46)49-40(2,3)4)41-36(44)34(23-27-15-7-5-8-16-27)42-37(45)35(24-28-17-9-6-10-18-28)43-39(47)48-25-33-31-21-13-11-19-29(31)30-20-12-14-22-32(30)33/h5-22,26,33-35H,23-25H2,1-4H3,(H,41,44)(H,42,45)(H,43,47)/t26-,34+,35-/m0/s1. The first-order chi connectivity index (χ1) is 23.5. The van der Waals surface area contributed by atoms with Crippen molar-refractivity contribution in [3.63, 3.8) is 0 Å². The van der Waals surface area contributed by atoms with E-state index in [9.17, 15) is 19.2 Å². The van der Waals surface area contributed by atoms with Gasteiger partial charge in [-0.1, -0.05) is 109 Å². The highest BCUT2D eigenvalue weighted by atomic mass is 16.6. The van der Waals surface area contributed by atoms with E-state index in [1.807, 2.05) is 97.1 Å². The summed E-state index contributed by atoms with van der Waals surface area (Å²) in [5.41, 5.74) is 5.25. The first kappa shape index (κ1) is 34.9. The lowest BCUT2D eigenvalue weighted by Crippen LogP contribution is -2.57. The normalized spacial score (nSPS) is 14.0. The number of carbonyl (C=O) groups is 4. The Kier molecular flexibility index (Phi) is 11.1. The topological polar surface area (TPSA) is 123 Å². The van der Waals surface area contributed by atoms with E-state index in [1.54, 1.807) is 20.8 Å². The van der Waals surface area contributed by atoms with Crippen LogP contribution in [0.1, 0.15) is 55.9 Å². The molecule has 0 aromatic heterocycles. The maximum atomic E-state index is 13.9. The number of benzene rings is 4. The van der Waals surface area contributed by atoms with Crippen LogP contribution in [0.25, 0.3) is 11.1 Å². The molecule has 3 atom stereocenters. The van der Waals surface area contributed by atoms with E-state index in [-0.39, 0.29) is 25.4 Å². The molecular weight excluding hydrogens is 618 g/mol. The highest BCUT2D eigenvalue weighted by molar-refractivity contribution is 5.93. The van der Waals surface area contributed by atoms with Crippen LogP contribution in [0.2, 0.25) is 0 Å². The van der Waals surface area contributed by atoms with Crippen molar-refractivity contribution in [2.45, 2.75) is 70.2 Å². The van der Waals surface area contributed by atoms with Crippen molar-refractivity contribution >= 4 is 23.9 Å². The second-order valence-electron chi connectivity index (χ2n) is 13.2. The molecule has 0 spiro atoms. The monoisotopic (exact) mass is 661 g/mol. The third-order valence-corrected chi connectivity index (χ3v) is 8.27. The van der Waals surface area contributed by atoms with Crippen LogP contribution in [0.3, 0.4) is 0 Å². The van der Waals surface area contributed by atoms with Gasteiger partial charge in [-0.3, -0.25) is 9.59 Å². The average Bonchev–Trinajstić information content (AvgIpc) is 3.40. The van der Waals surface area contributed by atoms with Crippen LogP contribution in [0.4, 0.5) is 4.79 Å². The number of hydrogen-bond donors (Lipinski definition) is 3. The Morgan fingerprint density at radius 3 is 1.59 bits per heavy atom. The molecule has 9 heteroatoms. The van der Waals surface area contributed by atoms with Gasteiger partial charge in [0, 0.05) is 18.8 Å². The number of amides is 3. The molecule has 0 fully saturated rings. The van der Waals surface area contributed by atoms with Crippen molar-refractivity contribution in [2.75, 3.05) is 6.61 Å². The summed E-state index contributed by atoms with van der Waals surface area (Å²) in [6, 6.07) is 31.5. The zero-order valence-corrected chi connectivity index (χ0v) is 28.3. The van der Waals surface area contributed by atoms with Crippen molar-refractivity contribution in [2.24, 2.45) is 0 Å². The summed E-state index contributed by atoms with van der Waals surface area (Å²) >= 11 is 0. The number of fused-ring (bicyclic) bond motifs is 3. The third kappa shape index (κ3) is 9.34. The fourth-order valence-corrected chi connectivity index (χ4v) is 5.94. The van der Waals surface area contributed by atoms with Crippen LogP contribution in [-0.2, 0) is 36.7 Å². The molecule has 0 saturated carbocycles. The summed E-state index contributed by atoms with van der Waals surface area (Å²) < 4.78 is 11.2. The zero-order chi connectivity index (χ0) is 35.0. The largest absolute Gasteiger partial charge is 0.458 e. The van der Waals surface area contributed by atoms with Gasteiger partial charge in [-0.25, -0.2) is 9.59 Å². The molecule has 9 nitrogen and oxygen atoms in total. The molecule has 0 heterocycles. The highest BCUT2D eigenvalue weighted by Crippen LogP contribution is 2.44. The van der Waals surface area contributed by atoms with Crippen molar-refractivity contribution in [1.82, 2.24) is 16.0 Å². The van der Waals surface area contributed by atoms with E-state index in [0.29, 0.717) is 0 Å². The van der Waals surface area contributed by atoms with E-state index in [1.165, 1.54) is 6.92 Å². The summed E-state index contributed by atoms with van der Waals surface area (Å²) in [6.45, 7) is 6.85. The molecule has 254 valence electrons. The Hall–Kier alpha value is -5.44. The number of alkyl carbamates (subject to hydrolysis) is 1. The fraction of sp³-hybridized carbons (Fsp3) is 0.300. The Morgan fingerprint density at radius 2 is 1.08 bits per heavy atom. The lowest BCUT2D eigenvalue weighted by atomic mass is 9.98. The summed E-state index contributed by atoms with van der Waals surface area (Å²) in [7, 11) is 0. The first-order valence-corrected chi connectivity index (χ1v) is 16.5. The molecule has 0 unspecified atom stereocenters. The van der Waals surface area contributed by atoms with Crippen molar-refractivity contribution in [3.05, 3.63) is 131 Å². The number of hydrogen-bond acceptors (Lipinski definition) is 6. The Morgan fingerprint density at radius 1 is 0.633 bits per heavy atom. The minimum atomic E-state index is -1.06. The molecule has 4 aromatic rings. The number of rotatable bonds is 12. The number of ether oxygens (including phenoxy) is 2. The molecule has 3 N–H and O–H groups in total. The molecule has 0 saturated heterocycles. The van der Waals surface area contributed by atoms with Crippen LogP contribution in [0.5, 0.6) is 0 Å². The summed E-state index contributed by atoms with van der Waals surface area (Å²) in [5.74, 6) is -1.87. The molecule has 5 rings (SSSR count). The second kappa shape index (κ2) is 15.6. The maximum Gasteiger partial charge on any atom is 0.407 e. The summed E-state index contributed by atoms with van der Waals surface area (Å²) in [6.07, 6.45) is -0.437. The molecule has 1 aliphatic carbocycles. The average molecular weight is 662 g/mol. The number of nitrogens with one attached hydrogen (secondary N) is 3. The molecule has 4 aromatic carbocycles. The Bertz CT molecular complexity index is 1720. The van der Waals surface area contributed by atoms with Gasteiger partial charge in [-0.15, -0.1) is 0 Å². The van der Waals surface area contributed by atoms with Crippen molar-refractivity contribution in [1.29, 1.82) is 0 Å². The van der Waals surface area contributed by atoms with Gasteiger partial charge >= 0.3 is 12.1 Å². The minimum absolute atomic E-state index is 0.0845. The van der Waals surface area contributed by atoms with Gasteiger partial charge in [0.2, 0.25) is 11.8 Å². The predicted molar refractivity (Wildman–Crippen MR) is 188 cm³/mol. The van der Waals surface area contributed by atoms with Gasteiger partial charge < -0.3 is 25.4 Å². The molecule has 3 amide bonds. The number of esters is 1. The maximum absolute atomic E-state index is 13.9. The lowest BCUT2D eigenvalue weighted by Gasteiger charge is -2.26. The molecule has 0 aliphatic heterocycles. The second-order valence-corrected chi connectivity index (χ2v) is 13.2. The van der Waals surface area contributed by atoms with Gasteiger partial charge in [0.25, 0.3) is 0 Å². The van der Waals surface area contributed by atoms with Crippen molar-refractivity contribution < 1.29 is 28.7 Å². The van der Waals surface area contributed by atoms with Crippen LogP contribution in [0.15, 0.2) is 109 Å². The van der Waals surface area contributed by atoms with Crippen LogP contribution >= 0.6 is 0 Å². The molecule has 49 heavy (non-hydrogen) atoms. The van der Waals surface area contributed by atoms with E-state index < -0.39 is 47.6 Å². The molecule has 1 aliphatic rings. The van der Waals surface area contributed by atoms with Gasteiger partial charge in [0.15, 0.2) is 0 Å². The molecule has 0 bridgehead atoms. The zero-order valence-electron chi connectivity index (χ0n) is 28.3. The predicted octanol–water partition coefficient (Wildman–Crippen LogP) is 5.71. The fourth-order valence-electron chi connectivity index (χ4n) is 5.94. The summed E-state index contributed by atoms with van der Waals surface area (Å²) in [4.78, 5) is 53.5. The van der Waals surface area contributed by atoms with E-state index in [4.69, 9.17) is 9.47 Å². The third-order valence-electron chi connectivity index (χ3n) is 8.27. The van der Waals surface area contributed by atoms with Gasteiger partial charge in [-0.2, -0.15) is 0 Å². The van der Waals surface area contributed by atoms with Gasteiger partial charge in [-0.05, 0) is 61.1 Å². The van der Waals surface area contributed by atoms with Gasteiger partial charge in [0.1, 0.15) is 30.3 Å². The molecule has 0 radical (unpaired) electrons. The Labute approximate surface area is 287 Å². The van der Waals surface area contributed by atoms with E-state index in [2.05, 4.69) is 28.1 Å². The van der Waals surface area contributed by atoms with Crippen LogP contribution < -0.4 is 16.0 Å². The highest BCUT2D eigenvalue weighted by Gasteiger charge is 2.32. The SMILES string of the molecule is C[C@H](NC(=O)[C@@H](Cc1ccccc1)NC(=O)[C@H](Cc1ccccc1)NC(=O)OCC1c2ccccc2-c2ccccc21)C(=O)OC(C)(C)C. The van der Waals surface area contributed by atoms with Crippen LogP contribution in [0, 0.1) is 0 Å². The van der Waals surface area contributed by atoms with Crippen LogP contribution in [-0.4, -0.2) is 54.2 Å². The summed E-state index contributed by atoms with van der Waals surface area (Å²) in [5, 5.41) is 8.27. The quantitative estimate of drug-likeness (QED) is 0.167. The Balaban J connectivity index is 1.31. The smallest absolute Gasteiger partial charge is 0.407 e. The van der Waals surface area contributed by atoms with Gasteiger partial charge in [0.05, 0.1) is 0 Å².